The van der Waals surface area contributed by atoms with Crippen LogP contribution in [0.1, 0.15) is 19.7 Å². The first kappa shape index (κ1) is 24.3. The van der Waals surface area contributed by atoms with Crippen molar-refractivity contribution < 1.29 is 19.3 Å². The third kappa shape index (κ3) is 6.36. The summed E-state index contributed by atoms with van der Waals surface area (Å²) < 4.78 is 15.9. The topological polar surface area (TPSA) is 96.9 Å². The highest BCUT2D eigenvalue weighted by Crippen LogP contribution is 2.31. The van der Waals surface area contributed by atoms with Gasteiger partial charge in [0, 0.05) is 31.1 Å². The average molecular weight is 462 g/mol. The van der Waals surface area contributed by atoms with Gasteiger partial charge in [0.25, 0.3) is 5.56 Å². The van der Waals surface area contributed by atoms with Crippen molar-refractivity contribution in [2.45, 2.75) is 32.6 Å². The van der Waals surface area contributed by atoms with E-state index >= 15 is 0 Å². The molecule has 0 aliphatic carbocycles. The third-order valence-electron chi connectivity index (χ3n) is 4.97. The first-order valence-electron chi connectivity index (χ1n) is 10.6. The Hall–Kier alpha value is -2.30. The Kier molecular flexibility index (Phi) is 8.77. The molecular weight excluding hydrogens is 430 g/mol. The van der Waals surface area contributed by atoms with E-state index < -0.39 is 6.10 Å². The van der Waals surface area contributed by atoms with E-state index in [1.54, 1.807) is 14.2 Å². The number of aromatic amines is 1. The van der Waals surface area contributed by atoms with Gasteiger partial charge < -0.3 is 24.3 Å². The van der Waals surface area contributed by atoms with Gasteiger partial charge in [-0.15, -0.1) is 11.3 Å². The maximum Gasteiger partial charge on any atom is 0.260 e. The summed E-state index contributed by atoms with van der Waals surface area (Å²) in [5.41, 5.74) is 1.62. The van der Waals surface area contributed by atoms with Gasteiger partial charge in [-0.2, -0.15) is 0 Å². The molecule has 0 saturated heterocycles. The number of hydrogen-bond acceptors (Lipinski definition) is 8. The number of thiophene rings is 1. The molecule has 9 heteroatoms. The fourth-order valence-corrected chi connectivity index (χ4v) is 4.34. The van der Waals surface area contributed by atoms with Crippen molar-refractivity contribution in [1.29, 1.82) is 0 Å². The predicted molar refractivity (Wildman–Crippen MR) is 126 cm³/mol. The Balaban J connectivity index is 1.80. The molecule has 0 saturated carbocycles. The molecule has 174 valence electrons. The lowest BCUT2D eigenvalue weighted by Crippen LogP contribution is -2.37. The number of fused-ring (bicyclic) bond motifs is 1. The number of ether oxygens (including phenoxy) is 3. The number of nitrogens with zero attached hydrogens (tertiary/aromatic N) is 2. The molecular formula is C23H31N3O5S. The van der Waals surface area contributed by atoms with Crippen LogP contribution in [0.4, 0.5) is 0 Å². The molecule has 1 aromatic carbocycles. The quantitative estimate of drug-likeness (QED) is 0.428. The second-order valence-corrected chi connectivity index (χ2v) is 8.69. The summed E-state index contributed by atoms with van der Waals surface area (Å²) in [6.07, 6.45) is -0.593. The summed E-state index contributed by atoms with van der Waals surface area (Å²) >= 11 is 1.44. The SMILES string of the molecule is COCCN(Cc1nc2scc(-c3ccc(OC)cc3)c2c(=O)[nH]1)CC(O)COC(C)C. The largest absolute Gasteiger partial charge is 0.497 e. The second kappa shape index (κ2) is 11.5. The fraction of sp³-hybridized carbons (Fsp3) is 0.478. The standard InChI is InChI=1S/C23H31N3O5S/c1-15(2)31-13-17(27)11-26(9-10-29-3)12-20-24-22(28)21-19(14-32-23(21)25-20)16-5-7-18(30-4)8-6-16/h5-8,14-15,17,27H,9-13H2,1-4H3,(H,24,25,28). The van der Waals surface area contributed by atoms with Crippen molar-refractivity contribution in [3.8, 4) is 16.9 Å². The first-order chi connectivity index (χ1) is 15.4. The van der Waals surface area contributed by atoms with Crippen LogP contribution in [0, 0.1) is 0 Å². The summed E-state index contributed by atoms with van der Waals surface area (Å²) in [4.78, 5) is 23.2. The zero-order chi connectivity index (χ0) is 23.1. The van der Waals surface area contributed by atoms with Crippen LogP contribution in [-0.2, 0) is 16.0 Å². The van der Waals surface area contributed by atoms with Crippen LogP contribution in [0.25, 0.3) is 21.3 Å². The lowest BCUT2D eigenvalue weighted by molar-refractivity contribution is -0.0124. The number of aliphatic hydroxyl groups is 1. The lowest BCUT2D eigenvalue weighted by Gasteiger charge is -2.24. The molecule has 1 unspecified atom stereocenters. The normalized spacial score (nSPS) is 12.7. The molecule has 2 aromatic heterocycles. The number of methoxy groups -OCH3 is 2. The smallest absolute Gasteiger partial charge is 0.260 e. The Labute approximate surface area is 191 Å². The third-order valence-corrected chi connectivity index (χ3v) is 5.84. The van der Waals surface area contributed by atoms with Gasteiger partial charge in [-0.05, 0) is 31.5 Å². The van der Waals surface area contributed by atoms with E-state index in [0.29, 0.717) is 42.3 Å². The maximum atomic E-state index is 12.9. The van der Waals surface area contributed by atoms with Gasteiger partial charge in [0.15, 0.2) is 0 Å². The first-order valence-corrected chi connectivity index (χ1v) is 11.4. The molecule has 0 amide bonds. The van der Waals surface area contributed by atoms with Gasteiger partial charge in [0.2, 0.25) is 0 Å². The number of benzene rings is 1. The Bertz CT molecular complexity index is 1050. The zero-order valence-corrected chi connectivity index (χ0v) is 19.8. The van der Waals surface area contributed by atoms with Crippen LogP contribution >= 0.6 is 11.3 Å². The van der Waals surface area contributed by atoms with E-state index in [4.69, 9.17) is 14.2 Å². The van der Waals surface area contributed by atoms with Crippen molar-refractivity contribution in [1.82, 2.24) is 14.9 Å². The molecule has 2 N–H and O–H groups in total. The Morgan fingerprint density at radius 2 is 1.97 bits per heavy atom. The van der Waals surface area contributed by atoms with Crippen LogP contribution in [-0.4, -0.2) is 72.7 Å². The molecule has 32 heavy (non-hydrogen) atoms. The molecule has 2 heterocycles. The van der Waals surface area contributed by atoms with Gasteiger partial charge >= 0.3 is 0 Å². The molecule has 3 aromatic rings. The minimum absolute atomic E-state index is 0.0521. The van der Waals surface area contributed by atoms with E-state index in [1.807, 2.05) is 48.4 Å². The van der Waals surface area contributed by atoms with Crippen LogP contribution in [0.2, 0.25) is 0 Å². The number of hydrogen-bond donors (Lipinski definition) is 2. The van der Waals surface area contributed by atoms with Crippen LogP contribution in [0.5, 0.6) is 5.75 Å². The predicted octanol–water partition coefficient (Wildman–Crippen LogP) is 2.89. The highest BCUT2D eigenvalue weighted by atomic mass is 32.1. The Morgan fingerprint density at radius 3 is 2.62 bits per heavy atom. The summed E-state index contributed by atoms with van der Waals surface area (Å²) in [5, 5.41) is 12.9. The van der Waals surface area contributed by atoms with Crippen molar-refractivity contribution in [3.63, 3.8) is 0 Å². The van der Waals surface area contributed by atoms with Crippen molar-refractivity contribution in [2.24, 2.45) is 0 Å². The van der Waals surface area contributed by atoms with Gasteiger partial charge in [-0.1, -0.05) is 12.1 Å². The maximum absolute atomic E-state index is 12.9. The lowest BCUT2D eigenvalue weighted by atomic mass is 10.1. The molecule has 8 nitrogen and oxygen atoms in total. The second-order valence-electron chi connectivity index (χ2n) is 7.83. The zero-order valence-electron chi connectivity index (χ0n) is 19.0. The molecule has 0 radical (unpaired) electrons. The average Bonchev–Trinajstić information content (AvgIpc) is 3.20. The van der Waals surface area contributed by atoms with Crippen LogP contribution in [0.15, 0.2) is 34.4 Å². The summed E-state index contributed by atoms with van der Waals surface area (Å²) in [6, 6.07) is 7.61. The van der Waals surface area contributed by atoms with Crippen LogP contribution < -0.4 is 10.3 Å². The van der Waals surface area contributed by atoms with Gasteiger partial charge in [-0.3, -0.25) is 9.69 Å². The monoisotopic (exact) mass is 461 g/mol. The van der Waals surface area contributed by atoms with Crippen molar-refractivity contribution >= 4 is 21.6 Å². The minimum atomic E-state index is -0.645. The number of nitrogens with one attached hydrogen (secondary N) is 1. The van der Waals surface area contributed by atoms with Gasteiger partial charge in [0.1, 0.15) is 16.4 Å². The summed E-state index contributed by atoms with van der Waals surface area (Å²) in [5.74, 6) is 1.32. The van der Waals surface area contributed by atoms with Gasteiger partial charge in [0.05, 0.1) is 44.5 Å². The molecule has 0 aliphatic heterocycles. The minimum Gasteiger partial charge on any atom is -0.497 e. The Morgan fingerprint density at radius 1 is 1.22 bits per heavy atom. The van der Waals surface area contributed by atoms with Crippen molar-refractivity contribution in [2.75, 3.05) is 40.5 Å². The molecule has 3 rings (SSSR count). The molecule has 1 atom stereocenters. The van der Waals surface area contributed by atoms with E-state index in [2.05, 4.69) is 9.97 Å². The summed E-state index contributed by atoms with van der Waals surface area (Å²) in [7, 11) is 3.26. The number of H-pyrrole nitrogens is 1. The molecule has 0 spiro atoms. The van der Waals surface area contributed by atoms with E-state index in [-0.39, 0.29) is 18.3 Å². The fourth-order valence-electron chi connectivity index (χ4n) is 3.37. The van der Waals surface area contributed by atoms with E-state index in [1.165, 1.54) is 11.3 Å². The number of rotatable bonds is 12. The van der Waals surface area contributed by atoms with E-state index in [0.717, 1.165) is 16.9 Å². The van der Waals surface area contributed by atoms with E-state index in [9.17, 15) is 9.90 Å². The molecule has 0 fully saturated rings. The van der Waals surface area contributed by atoms with Crippen LogP contribution in [0.3, 0.4) is 0 Å². The summed E-state index contributed by atoms with van der Waals surface area (Å²) in [6.45, 7) is 5.99. The molecule has 0 bridgehead atoms. The number of aliphatic hydroxyl groups excluding tert-OH is 1. The van der Waals surface area contributed by atoms with Gasteiger partial charge in [-0.25, -0.2) is 4.98 Å². The van der Waals surface area contributed by atoms with Crippen molar-refractivity contribution in [3.05, 3.63) is 45.8 Å². The highest BCUT2D eigenvalue weighted by Gasteiger charge is 2.17. The molecule has 0 aliphatic rings. The highest BCUT2D eigenvalue weighted by molar-refractivity contribution is 7.17. The number of aromatic nitrogens is 2.